The lowest BCUT2D eigenvalue weighted by Gasteiger charge is -2.28. The van der Waals surface area contributed by atoms with Crippen LogP contribution in [-0.2, 0) is 11.2 Å². The van der Waals surface area contributed by atoms with Gasteiger partial charge in [0.05, 0.1) is 20.8 Å². The second kappa shape index (κ2) is 6.96. The van der Waals surface area contributed by atoms with Crippen molar-refractivity contribution in [2.24, 2.45) is 0 Å². The lowest BCUT2D eigenvalue weighted by Crippen LogP contribution is -2.19. The highest BCUT2D eigenvalue weighted by Crippen LogP contribution is 2.40. The molecule has 0 spiro atoms. The van der Waals surface area contributed by atoms with Crippen LogP contribution in [0.1, 0.15) is 35.6 Å². The zero-order chi connectivity index (χ0) is 17.2. The summed E-state index contributed by atoms with van der Waals surface area (Å²) in [5.74, 6) is 1.54. The van der Waals surface area contributed by atoms with E-state index in [9.17, 15) is 0 Å². The number of ether oxygens (including phenoxy) is 3. The summed E-state index contributed by atoms with van der Waals surface area (Å²) in [7, 11) is 3.35. The van der Waals surface area contributed by atoms with E-state index >= 15 is 0 Å². The molecule has 25 heavy (non-hydrogen) atoms. The van der Waals surface area contributed by atoms with E-state index in [1.807, 2.05) is 0 Å². The summed E-state index contributed by atoms with van der Waals surface area (Å²) in [5.41, 5.74) is 4.95. The van der Waals surface area contributed by atoms with E-state index in [2.05, 4.69) is 41.3 Å². The molecule has 4 nitrogen and oxygen atoms in total. The van der Waals surface area contributed by atoms with Gasteiger partial charge in [-0.05, 0) is 60.2 Å². The van der Waals surface area contributed by atoms with Gasteiger partial charge in [0.15, 0.2) is 11.5 Å². The smallest absolute Gasteiger partial charge is 0.161 e. The highest BCUT2D eigenvalue weighted by Gasteiger charge is 2.25. The summed E-state index contributed by atoms with van der Waals surface area (Å²) < 4.78 is 17.0. The Labute approximate surface area is 149 Å². The molecule has 2 aliphatic heterocycles. The molecule has 4 heteroatoms. The minimum Gasteiger partial charge on any atom is -0.493 e. The standard InChI is InChI=1S/C21H25NO3/c1-23-19-13-16-9-12-25-21(18(16)14-20(19)24-2)15-5-7-17(8-6-15)22-10-3-4-11-22/h5-8,13-14,21H,3-4,9-12H2,1-2H3/t21-/m0/s1. The van der Waals surface area contributed by atoms with Crippen LogP contribution in [0.4, 0.5) is 5.69 Å². The maximum absolute atomic E-state index is 6.12. The number of rotatable bonds is 4. The first-order valence-corrected chi connectivity index (χ1v) is 9.01. The number of benzene rings is 2. The summed E-state index contributed by atoms with van der Waals surface area (Å²) in [6.07, 6.45) is 3.44. The van der Waals surface area contributed by atoms with Crippen LogP contribution in [0.2, 0.25) is 0 Å². The lowest BCUT2D eigenvalue weighted by molar-refractivity contribution is 0.0695. The van der Waals surface area contributed by atoms with Gasteiger partial charge in [-0.1, -0.05) is 12.1 Å². The second-order valence-corrected chi connectivity index (χ2v) is 6.69. The molecule has 2 heterocycles. The molecule has 2 aromatic rings. The first-order chi connectivity index (χ1) is 12.3. The maximum atomic E-state index is 6.12. The molecule has 2 aromatic carbocycles. The van der Waals surface area contributed by atoms with Crippen LogP contribution in [0.25, 0.3) is 0 Å². The van der Waals surface area contributed by atoms with Crippen molar-refractivity contribution in [2.45, 2.75) is 25.4 Å². The van der Waals surface area contributed by atoms with Gasteiger partial charge in [0.25, 0.3) is 0 Å². The van der Waals surface area contributed by atoms with Crippen LogP contribution in [0.5, 0.6) is 11.5 Å². The summed E-state index contributed by atoms with van der Waals surface area (Å²) in [6.45, 7) is 3.05. The first kappa shape index (κ1) is 16.3. The maximum Gasteiger partial charge on any atom is 0.161 e. The van der Waals surface area contributed by atoms with Crippen molar-refractivity contribution >= 4 is 5.69 Å². The van der Waals surface area contributed by atoms with Gasteiger partial charge in [-0.2, -0.15) is 0 Å². The number of methoxy groups -OCH3 is 2. The van der Waals surface area contributed by atoms with Crippen molar-refractivity contribution < 1.29 is 14.2 Å². The van der Waals surface area contributed by atoms with Crippen molar-refractivity contribution in [3.8, 4) is 11.5 Å². The third kappa shape index (κ3) is 3.07. The molecule has 2 aliphatic rings. The van der Waals surface area contributed by atoms with Gasteiger partial charge in [0, 0.05) is 18.8 Å². The van der Waals surface area contributed by atoms with Crippen LogP contribution < -0.4 is 14.4 Å². The van der Waals surface area contributed by atoms with Crippen LogP contribution in [0.15, 0.2) is 36.4 Å². The SMILES string of the molecule is COc1cc2c(cc1OC)[C@H](c1ccc(N3CCCC3)cc1)OCC2. The van der Waals surface area contributed by atoms with E-state index in [4.69, 9.17) is 14.2 Å². The lowest BCUT2D eigenvalue weighted by atomic mass is 9.92. The summed E-state index contributed by atoms with van der Waals surface area (Å²) in [6, 6.07) is 13.0. The normalized spacial score (nSPS) is 19.6. The van der Waals surface area contributed by atoms with Gasteiger partial charge in [-0.25, -0.2) is 0 Å². The molecule has 0 aromatic heterocycles. The Bertz CT molecular complexity index is 736. The summed E-state index contributed by atoms with van der Waals surface area (Å²) in [5, 5.41) is 0. The molecule has 0 radical (unpaired) electrons. The van der Waals surface area contributed by atoms with Gasteiger partial charge in [0.1, 0.15) is 6.10 Å². The summed E-state index contributed by atoms with van der Waals surface area (Å²) in [4.78, 5) is 2.45. The minimum atomic E-state index is -0.0452. The highest BCUT2D eigenvalue weighted by atomic mass is 16.5. The van der Waals surface area contributed by atoms with Crippen molar-refractivity contribution in [2.75, 3.05) is 38.8 Å². The third-order valence-electron chi connectivity index (χ3n) is 5.25. The van der Waals surface area contributed by atoms with E-state index in [1.54, 1.807) is 14.2 Å². The van der Waals surface area contributed by atoms with Crippen molar-refractivity contribution in [1.82, 2.24) is 0 Å². The zero-order valence-electron chi connectivity index (χ0n) is 15.0. The van der Waals surface area contributed by atoms with Gasteiger partial charge < -0.3 is 19.1 Å². The Hall–Kier alpha value is -2.20. The fourth-order valence-electron chi connectivity index (χ4n) is 3.88. The fourth-order valence-corrected chi connectivity index (χ4v) is 3.88. The molecule has 1 saturated heterocycles. The van der Waals surface area contributed by atoms with Crippen LogP contribution in [-0.4, -0.2) is 33.9 Å². The quantitative estimate of drug-likeness (QED) is 0.843. The fraction of sp³-hybridized carbons (Fsp3) is 0.429. The molecule has 0 aliphatic carbocycles. The van der Waals surface area contributed by atoms with Gasteiger partial charge in [-0.3, -0.25) is 0 Å². The van der Waals surface area contributed by atoms with Crippen LogP contribution >= 0.6 is 0 Å². The first-order valence-electron chi connectivity index (χ1n) is 9.01. The molecule has 0 bridgehead atoms. The molecular formula is C21H25NO3. The Morgan fingerprint density at radius 3 is 2.32 bits per heavy atom. The highest BCUT2D eigenvalue weighted by molar-refractivity contribution is 5.53. The minimum absolute atomic E-state index is 0.0452. The molecule has 0 unspecified atom stereocenters. The number of anilines is 1. The Morgan fingerprint density at radius 2 is 1.64 bits per heavy atom. The van der Waals surface area contributed by atoms with Gasteiger partial charge >= 0.3 is 0 Å². The average Bonchev–Trinajstić information content (AvgIpc) is 3.21. The van der Waals surface area contributed by atoms with E-state index in [-0.39, 0.29) is 6.10 Å². The number of nitrogens with zero attached hydrogens (tertiary/aromatic N) is 1. The average molecular weight is 339 g/mol. The largest absolute Gasteiger partial charge is 0.493 e. The molecule has 4 rings (SSSR count). The van der Waals surface area contributed by atoms with E-state index in [0.717, 1.165) is 24.5 Å². The van der Waals surface area contributed by atoms with Gasteiger partial charge in [0.2, 0.25) is 0 Å². The third-order valence-corrected chi connectivity index (χ3v) is 5.25. The molecule has 1 atom stereocenters. The molecular weight excluding hydrogens is 314 g/mol. The van der Waals surface area contributed by atoms with Crippen molar-refractivity contribution in [3.05, 3.63) is 53.1 Å². The molecule has 0 saturated carbocycles. The van der Waals surface area contributed by atoms with E-state index in [1.165, 1.54) is 48.3 Å². The second-order valence-electron chi connectivity index (χ2n) is 6.69. The Balaban J connectivity index is 1.66. The molecule has 0 amide bonds. The predicted molar refractivity (Wildman–Crippen MR) is 98.9 cm³/mol. The van der Waals surface area contributed by atoms with E-state index < -0.39 is 0 Å². The van der Waals surface area contributed by atoms with Crippen LogP contribution in [0, 0.1) is 0 Å². The predicted octanol–water partition coefficient (Wildman–Crippen LogP) is 3.97. The number of fused-ring (bicyclic) bond motifs is 1. The van der Waals surface area contributed by atoms with E-state index in [0.29, 0.717) is 0 Å². The Kier molecular flexibility index (Phi) is 4.53. The monoisotopic (exact) mass is 339 g/mol. The Morgan fingerprint density at radius 1 is 0.960 bits per heavy atom. The topological polar surface area (TPSA) is 30.9 Å². The molecule has 0 N–H and O–H groups in total. The van der Waals surface area contributed by atoms with Crippen molar-refractivity contribution in [1.29, 1.82) is 0 Å². The van der Waals surface area contributed by atoms with Crippen LogP contribution in [0.3, 0.4) is 0 Å². The molecule has 132 valence electrons. The van der Waals surface area contributed by atoms with Gasteiger partial charge in [-0.15, -0.1) is 0 Å². The number of hydrogen-bond acceptors (Lipinski definition) is 4. The van der Waals surface area contributed by atoms with Crippen molar-refractivity contribution in [3.63, 3.8) is 0 Å². The molecule has 1 fully saturated rings. The zero-order valence-corrected chi connectivity index (χ0v) is 15.0. The number of hydrogen-bond donors (Lipinski definition) is 0. The summed E-state index contributed by atoms with van der Waals surface area (Å²) >= 11 is 0.